The largest absolute Gasteiger partial charge is 0.396 e. The summed E-state index contributed by atoms with van der Waals surface area (Å²) in [5, 5.41) is 9.58. The quantitative estimate of drug-likeness (QED) is 0.739. The minimum Gasteiger partial charge on any atom is -0.396 e. The van der Waals surface area contributed by atoms with Crippen LogP contribution in [-0.4, -0.2) is 35.7 Å². The number of rotatable bonds is 7. The summed E-state index contributed by atoms with van der Waals surface area (Å²) in [5.41, 5.74) is 0.0808. The minimum absolute atomic E-state index is 0.0808. The van der Waals surface area contributed by atoms with E-state index in [4.69, 9.17) is 0 Å². The highest BCUT2D eigenvalue weighted by molar-refractivity contribution is 4.84. The van der Waals surface area contributed by atoms with Gasteiger partial charge in [0.15, 0.2) is 0 Å². The van der Waals surface area contributed by atoms with Crippen molar-refractivity contribution in [2.24, 2.45) is 11.3 Å². The third kappa shape index (κ3) is 4.59. The monoisotopic (exact) mass is 241 g/mol. The van der Waals surface area contributed by atoms with E-state index in [-0.39, 0.29) is 5.41 Å². The molecule has 0 saturated heterocycles. The maximum Gasteiger partial charge on any atom is 0.0496 e. The number of aliphatic hydroxyl groups excluding tert-OH is 1. The van der Waals surface area contributed by atoms with Crippen LogP contribution in [0.5, 0.6) is 0 Å². The van der Waals surface area contributed by atoms with Crippen molar-refractivity contribution in [1.82, 2.24) is 4.90 Å². The Labute approximate surface area is 107 Å². The molecule has 1 rings (SSSR count). The molecule has 102 valence electrons. The Morgan fingerprint density at radius 2 is 1.88 bits per heavy atom. The van der Waals surface area contributed by atoms with Crippen LogP contribution in [0.25, 0.3) is 0 Å². The van der Waals surface area contributed by atoms with Crippen molar-refractivity contribution in [2.75, 3.05) is 19.7 Å². The zero-order valence-corrected chi connectivity index (χ0v) is 12.2. The Kier molecular flexibility index (Phi) is 5.94. The van der Waals surface area contributed by atoms with Gasteiger partial charge in [-0.05, 0) is 25.2 Å². The first-order chi connectivity index (χ1) is 8.00. The van der Waals surface area contributed by atoms with Gasteiger partial charge in [-0.2, -0.15) is 0 Å². The summed E-state index contributed by atoms with van der Waals surface area (Å²) in [7, 11) is 0. The van der Waals surface area contributed by atoms with Crippen LogP contribution in [0.2, 0.25) is 0 Å². The van der Waals surface area contributed by atoms with Crippen molar-refractivity contribution in [3.8, 4) is 0 Å². The average Bonchev–Trinajstić information content (AvgIpc) is 2.81. The third-order valence-corrected chi connectivity index (χ3v) is 4.26. The molecule has 0 aromatic carbocycles. The van der Waals surface area contributed by atoms with E-state index in [0.717, 1.165) is 24.9 Å². The molecule has 1 unspecified atom stereocenters. The van der Waals surface area contributed by atoms with Crippen LogP contribution in [0, 0.1) is 11.3 Å². The number of nitrogens with zero attached hydrogens (tertiary/aromatic N) is 1. The van der Waals surface area contributed by atoms with Gasteiger partial charge in [-0.15, -0.1) is 0 Å². The summed E-state index contributed by atoms with van der Waals surface area (Å²) in [6, 6.07) is 0.773. The number of aliphatic hydroxyl groups is 1. The van der Waals surface area contributed by atoms with Gasteiger partial charge in [0.05, 0.1) is 0 Å². The lowest BCUT2D eigenvalue weighted by molar-refractivity contribution is 0.0573. The summed E-state index contributed by atoms with van der Waals surface area (Å²) in [4.78, 5) is 2.65. The predicted octanol–water partition coefficient (Wildman–Crippen LogP) is 3.30. The Balaban J connectivity index is 2.61. The van der Waals surface area contributed by atoms with E-state index in [1.807, 2.05) is 0 Å². The summed E-state index contributed by atoms with van der Waals surface area (Å²) in [6.07, 6.45) is 6.56. The molecule has 1 fully saturated rings. The van der Waals surface area contributed by atoms with E-state index in [1.54, 1.807) is 0 Å². The lowest BCUT2D eigenvalue weighted by Crippen LogP contribution is -2.44. The van der Waals surface area contributed by atoms with Crippen LogP contribution in [0.3, 0.4) is 0 Å². The van der Waals surface area contributed by atoms with E-state index in [1.165, 1.54) is 32.2 Å². The Morgan fingerprint density at radius 3 is 2.29 bits per heavy atom. The van der Waals surface area contributed by atoms with Crippen LogP contribution in [-0.2, 0) is 0 Å². The molecule has 17 heavy (non-hydrogen) atoms. The molecule has 1 aliphatic rings. The third-order valence-electron chi connectivity index (χ3n) is 4.26. The number of hydrogen-bond acceptors (Lipinski definition) is 2. The first-order valence-electron chi connectivity index (χ1n) is 7.35. The molecule has 1 aliphatic carbocycles. The second kappa shape index (κ2) is 6.75. The van der Waals surface area contributed by atoms with Gasteiger partial charge < -0.3 is 5.11 Å². The van der Waals surface area contributed by atoms with Crippen molar-refractivity contribution in [3.63, 3.8) is 0 Å². The van der Waals surface area contributed by atoms with Gasteiger partial charge in [0, 0.05) is 31.2 Å². The van der Waals surface area contributed by atoms with Crippen LogP contribution in [0.15, 0.2) is 0 Å². The van der Waals surface area contributed by atoms with Crippen LogP contribution in [0.4, 0.5) is 0 Å². The summed E-state index contributed by atoms with van der Waals surface area (Å²) in [5.74, 6) is 0.718. The molecule has 0 radical (unpaired) electrons. The molecule has 2 nitrogen and oxygen atoms in total. The summed E-state index contributed by atoms with van der Waals surface area (Å²) < 4.78 is 0. The zero-order chi connectivity index (χ0) is 12.9. The van der Waals surface area contributed by atoms with E-state index >= 15 is 0 Å². The van der Waals surface area contributed by atoms with Gasteiger partial charge in [0.25, 0.3) is 0 Å². The van der Waals surface area contributed by atoms with Crippen molar-refractivity contribution in [3.05, 3.63) is 0 Å². The first-order valence-corrected chi connectivity index (χ1v) is 7.35. The summed E-state index contributed by atoms with van der Waals surface area (Å²) in [6.45, 7) is 11.6. The molecule has 0 spiro atoms. The van der Waals surface area contributed by atoms with Crippen LogP contribution >= 0.6 is 0 Å². The molecule has 0 aromatic heterocycles. The molecule has 1 atom stereocenters. The lowest BCUT2D eigenvalue weighted by Gasteiger charge is -2.38. The van der Waals surface area contributed by atoms with Gasteiger partial charge in [-0.3, -0.25) is 4.90 Å². The van der Waals surface area contributed by atoms with Gasteiger partial charge in [-0.1, -0.05) is 40.5 Å². The van der Waals surface area contributed by atoms with Gasteiger partial charge in [-0.25, -0.2) is 0 Å². The second-order valence-corrected chi connectivity index (χ2v) is 6.58. The van der Waals surface area contributed by atoms with Crippen molar-refractivity contribution in [1.29, 1.82) is 0 Å². The molecular formula is C15H31NO. The van der Waals surface area contributed by atoms with Gasteiger partial charge >= 0.3 is 0 Å². The van der Waals surface area contributed by atoms with E-state index in [9.17, 15) is 5.11 Å². The lowest BCUT2D eigenvalue weighted by atomic mass is 9.87. The van der Waals surface area contributed by atoms with Gasteiger partial charge in [0.1, 0.15) is 0 Å². The molecule has 0 amide bonds. The molecule has 1 N–H and O–H groups in total. The molecule has 2 heteroatoms. The fourth-order valence-electron chi connectivity index (χ4n) is 2.85. The van der Waals surface area contributed by atoms with E-state index in [2.05, 4.69) is 32.6 Å². The Morgan fingerprint density at radius 1 is 1.29 bits per heavy atom. The van der Waals surface area contributed by atoms with Crippen molar-refractivity contribution in [2.45, 2.75) is 65.8 Å². The number of hydrogen-bond donors (Lipinski definition) is 1. The Bertz CT molecular complexity index is 205. The minimum atomic E-state index is 0.0808. The van der Waals surface area contributed by atoms with E-state index in [0.29, 0.717) is 6.61 Å². The first kappa shape index (κ1) is 15.0. The molecular weight excluding hydrogens is 210 g/mol. The van der Waals surface area contributed by atoms with Crippen LogP contribution < -0.4 is 0 Å². The fourth-order valence-corrected chi connectivity index (χ4v) is 2.85. The van der Waals surface area contributed by atoms with Gasteiger partial charge in [0.2, 0.25) is 0 Å². The highest BCUT2D eigenvalue weighted by atomic mass is 16.3. The average molecular weight is 241 g/mol. The zero-order valence-electron chi connectivity index (χ0n) is 12.2. The normalized spacial score (nSPS) is 21.4. The SMILES string of the molecule is CCC(C)(CO)CN(CC(C)C)C1CCCC1. The smallest absolute Gasteiger partial charge is 0.0496 e. The van der Waals surface area contributed by atoms with E-state index < -0.39 is 0 Å². The molecule has 0 aromatic rings. The predicted molar refractivity (Wildman–Crippen MR) is 74.2 cm³/mol. The maximum absolute atomic E-state index is 9.58. The highest BCUT2D eigenvalue weighted by Gasteiger charge is 2.30. The molecule has 1 saturated carbocycles. The standard InChI is InChI=1S/C15H31NO/c1-5-15(4,12-17)11-16(10-13(2)3)14-8-6-7-9-14/h13-14,17H,5-12H2,1-4H3. The molecule has 0 heterocycles. The Hall–Kier alpha value is -0.0800. The van der Waals surface area contributed by atoms with Crippen molar-refractivity contribution < 1.29 is 5.11 Å². The topological polar surface area (TPSA) is 23.5 Å². The fraction of sp³-hybridized carbons (Fsp3) is 1.00. The molecule has 0 aliphatic heterocycles. The summed E-state index contributed by atoms with van der Waals surface area (Å²) >= 11 is 0. The highest BCUT2D eigenvalue weighted by Crippen LogP contribution is 2.29. The molecule has 0 bridgehead atoms. The maximum atomic E-state index is 9.58. The van der Waals surface area contributed by atoms with Crippen molar-refractivity contribution >= 4 is 0 Å². The second-order valence-electron chi connectivity index (χ2n) is 6.58. The van der Waals surface area contributed by atoms with Crippen LogP contribution in [0.1, 0.15) is 59.8 Å².